The van der Waals surface area contributed by atoms with Crippen LogP contribution < -0.4 is 10.0 Å². The van der Waals surface area contributed by atoms with Gasteiger partial charge in [-0.15, -0.1) is 0 Å². The molecule has 2 aromatic rings. The largest absolute Gasteiger partial charge is 0.349 e. The van der Waals surface area contributed by atoms with Gasteiger partial charge < -0.3 is 14.4 Å². The Bertz CT molecular complexity index is 663. The second-order valence-corrected chi connectivity index (χ2v) is 6.23. The van der Waals surface area contributed by atoms with E-state index in [4.69, 9.17) is 4.52 Å². The van der Waals surface area contributed by atoms with Gasteiger partial charge in [-0.1, -0.05) is 5.16 Å². The Balaban J connectivity index is 2.04. The molecule has 0 saturated heterocycles. The Labute approximate surface area is 123 Å². The van der Waals surface area contributed by atoms with Crippen molar-refractivity contribution in [3.05, 3.63) is 30.2 Å². The van der Waals surface area contributed by atoms with Gasteiger partial charge in [0.15, 0.2) is 6.33 Å². The predicted molar refractivity (Wildman–Crippen MR) is 76.1 cm³/mol. The second-order valence-electron chi connectivity index (χ2n) is 4.47. The minimum absolute atomic E-state index is 0.212. The third-order valence-corrected chi connectivity index (χ3v) is 4.44. The lowest BCUT2D eigenvalue weighted by atomic mass is 10.4. The van der Waals surface area contributed by atoms with Crippen molar-refractivity contribution in [2.24, 2.45) is 0 Å². The monoisotopic (exact) mass is 313 g/mol. The number of hydrogen-bond donors (Lipinski definition) is 2. The smallest absolute Gasteiger partial charge is 0.242 e. The van der Waals surface area contributed by atoms with E-state index >= 15 is 0 Å². The molecule has 2 rings (SSSR count). The van der Waals surface area contributed by atoms with E-state index < -0.39 is 10.0 Å². The molecule has 0 aliphatic carbocycles. The summed E-state index contributed by atoms with van der Waals surface area (Å²) in [5, 5.41) is 6.49. The van der Waals surface area contributed by atoms with E-state index in [1.165, 1.54) is 6.33 Å². The first-order chi connectivity index (χ1) is 10.1. The highest BCUT2D eigenvalue weighted by atomic mass is 32.2. The third kappa shape index (κ3) is 3.90. The minimum Gasteiger partial charge on any atom is -0.349 e. The number of hydrogen-bond acceptors (Lipinski definition) is 6. The number of nitrogens with one attached hydrogen (secondary N) is 2. The number of nitrogens with zero attached hydrogens (tertiary/aromatic N) is 3. The summed E-state index contributed by atoms with van der Waals surface area (Å²) in [6.45, 7) is 3.52. The molecule has 8 nitrogen and oxygen atoms in total. The molecule has 2 aromatic heterocycles. The standard InChI is InChI=1S/C12H19N5O3S/c1-3-17-8-11(6-10(17)7-13-2)21(18,19)16-5-4-12-14-9-15-20-12/h6,8-9,13,16H,3-5,7H2,1-2H3. The average Bonchev–Trinajstić information content (AvgIpc) is 3.08. The van der Waals surface area contributed by atoms with Crippen molar-refractivity contribution in [3.8, 4) is 0 Å². The second kappa shape index (κ2) is 6.83. The molecule has 0 aromatic carbocycles. The zero-order chi connectivity index (χ0) is 15.3. The van der Waals surface area contributed by atoms with Crippen molar-refractivity contribution in [1.29, 1.82) is 0 Å². The third-order valence-electron chi connectivity index (χ3n) is 3.01. The Morgan fingerprint density at radius 3 is 2.86 bits per heavy atom. The molecule has 0 amide bonds. The van der Waals surface area contributed by atoms with Crippen LogP contribution in [0.3, 0.4) is 0 Å². The summed E-state index contributed by atoms with van der Waals surface area (Å²) >= 11 is 0. The number of aromatic nitrogens is 3. The maximum absolute atomic E-state index is 12.2. The normalized spacial score (nSPS) is 11.9. The summed E-state index contributed by atoms with van der Waals surface area (Å²) in [5.41, 5.74) is 0.928. The summed E-state index contributed by atoms with van der Waals surface area (Å²) < 4.78 is 33.7. The van der Waals surface area contributed by atoms with Crippen molar-refractivity contribution in [2.75, 3.05) is 13.6 Å². The molecule has 0 fully saturated rings. The van der Waals surface area contributed by atoms with E-state index in [0.717, 1.165) is 5.69 Å². The molecule has 2 N–H and O–H groups in total. The van der Waals surface area contributed by atoms with Crippen molar-refractivity contribution >= 4 is 10.0 Å². The molecule has 0 aliphatic rings. The molecule has 9 heteroatoms. The number of rotatable bonds is 8. The topological polar surface area (TPSA) is 102 Å². The minimum atomic E-state index is -3.53. The van der Waals surface area contributed by atoms with Gasteiger partial charge in [0.1, 0.15) is 0 Å². The van der Waals surface area contributed by atoms with E-state index in [-0.39, 0.29) is 11.4 Å². The van der Waals surface area contributed by atoms with Crippen molar-refractivity contribution < 1.29 is 12.9 Å². The van der Waals surface area contributed by atoms with Gasteiger partial charge in [-0.2, -0.15) is 4.98 Å². The molecule has 0 atom stereocenters. The van der Waals surface area contributed by atoms with Crippen LogP contribution in [-0.4, -0.2) is 36.7 Å². The Morgan fingerprint density at radius 2 is 2.24 bits per heavy atom. The van der Waals surface area contributed by atoms with E-state index in [1.807, 2.05) is 18.5 Å². The molecule has 21 heavy (non-hydrogen) atoms. The zero-order valence-electron chi connectivity index (χ0n) is 12.0. The van der Waals surface area contributed by atoms with Crippen LogP contribution in [0.1, 0.15) is 18.5 Å². The number of aryl methyl sites for hydroxylation is 1. The highest BCUT2D eigenvalue weighted by Gasteiger charge is 2.17. The van der Waals surface area contributed by atoms with Gasteiger partial charge in [-0.3, -0.25) is 0 Å². The molecule has 0 spiro atoms. The van der Waals surface area contributed by atoms with Crippen LogP contribution in [0.4, 0.5) is 0 Å². The molecule has 0 bridgehead atoms. The van der Waals surface area contributed by atoms with Gasteiger partial charge in [-0.25, -0.2) is 13.1 Å². The van der Waals surface area contributed by atoms with E-state index in [0.29, 0.717) is 25.4 Å². The van der Waals surface area contributed by atoms with E-state index in [1.54, 1.807) is 12.3 Å². The highest BCUT2D eigenvalue weighted by molar-refractivity contribution is 7.89. The van der Waals surface area contributed by atoms with Crippen LogP contribution in [0.15, 0.2) is 28.0 Å². The average molecular weight is 313 g/mol. The Hall–Kier alpha value is -1.71. The lowest BCUT2D eigenvalue weighted by molar-refractivity contribution is 0.377. The van der Waals surface area contributed by atoms with Crippen LogP contribution in [0.5, 0.6) is 0 Å². The predicted octanol–water partition coefficient (Wildman–Crippen LogP) is 0.131. The van der Waals surface area contributed by atoms with Crippen LogP contribution in [0.2, 0.25) is 0 Å². The van der Waals surface area contributed by atoms with E-state index in [2.05, 4.69) is 20.2 Å². The summed E-state index contributed by atoms with van der Waals surface area (Å²) in [5.74, 6) is 0.403. The Kier molecular flexibility index (Phi) is 5.10. The van der Waals surface area contributed by atoms with Crippen molar-refractivity contribution in [1.82, 2.24) is 24.7 Å². The Morgan fingerprint density at radius 1 is 1.43 bits per heavy atom. The quantitative estimate of drug-likeness (QED) is 0.718. The molecule has 0 radical (unpaired) electrons. The molecular weight excluding hydrogens is 294 g/mol. The van der Waals surface area contributed by atoms with Crippen molar-refractivity contribution in [3.63, 3.8) is 0 Å². The molecule has 0 aliphatic heterocycles. The highest BCUT2D eigenvalue weighted by Crippen LogP contribution is 2.14. The van der Waals surface area contributed by atoms with Crippen LogP contribution in [0.25, 0.3) is 0 Å². The molecule has 116 valence electrons. The van der Waals surface area contributed by atoms with Gasteiger partial charge in [-0.05, 0) is 20.0 Å². The first-order valence-corrected chi connectivity index (χ1v) is 8.14. The summed E-state index contributed by atoms with van der Waals surface area (Å²) in [6, 6.07) is 1.68. The number of sulfonamides is 1. The van der Waals surface area contributed by atoms with Gasteiger partial charge in [0.05, 0.1) is 4.90 Å². The maximum Gasteiger partial charge on any atom is 0.242 e. The summed E-state index contributed by atoms with van der Waals surface area (Å²) in [7, 11) is -1.71. The lowest BCUT2D eigenvalue weighted by Gasteiger charge is -2.04. The summed E-state index contributed by atoms with van der Waals surface area (Å²) in [4.78, 5) is 4.10. The summed E-state index contributed by atoms with van der Waals surface area (Å²) in [6.07, 6.45) is 3.29. The van der Waals surface area contributed by atoms with Gasteiger partial charge in [0.2, 0.25) is 15.9 Å². The van der Waals surface area contributed by atoms with Gasteiger partial charge in [0, 0.05) is 37.9 Å². The zero-order valence-corrected chi connectivity index (χ0v) is 12.9. The van der Waals surface area contributed by atoms with Gasteiger partial charge >= 0.3 is 0 Å². The fourth-order valence-electron chi connectivity index (χ4n) is 1.98. The van der Waals surface area contributed by atoms with Crippen LogP contribution in [0, 0.1) is 0 Å². The fraction of sp³-hybridized carbons (Fsp3) is 0.500. The first kappa shape index (κ1) is 15.7. The first-order valence-electron chi connectivity index (χ1n) is 6.65. The molecule has 0 saturated carbocycles. The van der Waals surface area contributed by atoms with E-state index in [9.17, 15) is 8.42 Å². The van der Waals surface area contributed by atoms with Crippen LogP contribution >= 0.6 is 0 Å². The fourth-order valence-corrected chi connectivity index (χ4v) is 3.07. The molecule has 2 heterocycles. The maximum atomic E-state index is 12.2. The van der Waals surface area contributed by atoms with Gasteiger partial charge in [0.25, 0.3) is 0 Å². The lowest BCUT2D eigenvalue weighted by Crippen LogP contribution is -2.25. The molecule has 0 unspecified atom stereocenters. The SMILES string of the molecule is CCn1cc(S(=O)(=O)NCCc2ncno2)cc1CNC. The molecular formula is C12H19N5O3S. The van der Waals surface area contributed by atoms with Crippen molar-refractivity contribution in [2.45, 2.75) is 31.3 Å². The van der Waals surface area contributed by atoms with Crippen LogP contribution in [-0.2, 0) is 29.5 Å².